The zero-order chi connectivity index (χ0) is 14.4. The molecule has 3 heteroatoms. The van der Waals surface area contributed by atoms with Crippen LogP contribution in [0, 0.1) is 19.8 Å². The lowest BCUT2D eigenvalue weighted by Crippen LogP contribution is -2.38. The van der Waals surface area contributed by atoms with Crippen LogP contribution in [0.25, 0.3) is 0 Å². The van der Waals surface area contributed by atoms with Gasteiger partial charge in [-0.2, -0.15) is 0 Å². The molecule has 2 N–H and O–H groups in total. The molecule has 112 valence electrons. The Morgan fingerprint density at radius 1 is 1.30 bits per heavy atom. The molecule has 0 amide bonds. The van der Waals surface area contributed by atoms with Gasteiger partial charge in [0.15, 0.2) is 0 Å². The third-order valence-corrected chi connectivity index (χ3v) is 4.24. The van der Waals surface area contributed by atoms with Gasteiger partial charge in [-0.25, -0.2) is 0 Å². The van der Waals surface area contributed by atoms with E-state index in [2.05, 4.69) is 36.9 Å². The van der Waals surface area contributed by atoms with Gasteiger partial charge in [0.2, 0.25) is 0 Å². The van der Waals surface area contributed by atoms with Crippen LogP contribution >= 0.6 is 0 Å². The Bertz CT molecular complexity index is 397. The second-order valence-electron chi connectivity index (χ2n) is 5.96. The lowest BCUT2D eigenvalue weighted by atomic mass is 9.95. The normalized spacial score (nSPS) is 20.1. The van der Waals surface area contributed by atoms with Crippen LogP contribution in [0.1, 0.15) is 30.4 Å². The lowest BCUT2D eigenvalue weighted by Gasteiger charge is -2.32. The minimum atomic E-state index is 0.779. The van der Waals surface area contributed by atoms with Crippen molar-refractivity contribution in [2.45, 2.75) is 33.1 Å². The van der Waals surface area contributed by atoms with Crippen LogP contribution in [0.15, 0.2) is 18.2 Å². The summed E-state index contributed by atoms with van der Waals surface area (Å²) in [7, 11) is 0. The van der Waals surface area contributed by atoms with Crippen LogP contribution in [0.2, 0.25) is 0 Å². The summed E-state index contributed by atoms with van der Waals surface area (Å²) in [4.78, 5) is 2.53. The summed E-state index contributed by atoms with van der Waals surface area (Å²) < 4.78 is 6.00. The SMILES string of the molecule is Cc1cccc(C)c1OCCN1CCCC(CCN)C1. The Labute approximate surface area is 123 Å². The van der Waals surface area contributed by atoms with Gasteiger partial charge in [-0.15, -0.1) is 0 Å². The molecule has 0 aromatic heterocycles. The molecule has 1 aliphatic heterocycles. The number of benzene rings is 1. The van der Waals surface area contributed by atoms with Crippen LogP contribution in [0.3, 0.4) is 0 Å². The Morgan fingerprint density at radius 2 is 2.05 bits per heavy atom. The molecule has 1 aromatic carbocycles. The largest absolute Gasteiger partial charge is 0.492 e. The highest BCUT2D eigenvalue weighted by atomic mass is 16.5. The van der Waals surface area contributed by atoms with E-state index in [4.69, 9.17) is 10.5 Å². The first-order valence-corrected chi connectivity index (χ1v) is 7.82. The number of likely N-dealkylation sites (tertiary alicyclic amines) is 1. The van der Waals surface area contributed by atoms with E-state index in [-0.39, 0.29) is 0 Å². The van der Waals surface area contributed by atoms with Crippen LogP contribution in [0.5, 0.6) is 5.75 Å². The topological polar surface area (TPSA) is 38.5 Å². The number of para-hydroxylation sites is 1. The Balaban J connectivity index is 1.78. The first-order valence-electron chi connectivity index (χ1n) is 7.82. The van der Waals surface area contributed by atoms with Gasteiger partial charge in [0.25, 0.3) is 0 Å². The molecule has 1 unspecified atom stereocenters. The number of aryl methyl sites for hydroxylation is 2. The minimum Gasteiger partial charge on any atom is -0.492 e. The first-order chi connectivity index (χ1) is 9.70. The zero-order valence-corrected chi connectivity index (χ0v) is 12.9. The van der Waals surface area contributed by atoms with Crippen molar-refractivity contribution in [3.8, 4) is 5.75 Å². The number of ether oxygens (including phenoxy) is 1. The second kappa shape index (κ2) is 7.65. The number of hydrogen-bond donors (Lipinski definition) is 1. The molecule has 0 saturated carbocycles. The van der Waals surface area contributed by atoms with E-state index in [0.29, 0.717) is 0 Å². The molecule has 0 aliphatic carbocycles. The predicted octanol–water partition coefficient (Wildman–Crippen LogP) is 2.74. The quantitative estimate of drug-likeness (QED) is 0.868. The van der Waals surface area contributed by atoms with Gasteiger partial charge < -0.3 is 10.5 Å². The van der Waals surface area contributed by atoms with Gasteiger partial charge in [0.05, 0.1) is 0 Å². The van der Waals surface area contributed by atoms with E-state index < -0.39 is 0 Å². The van der Waals surface area contributed by atoms with E-state index in [9.17, 15) is 0 Å². The molecule has 1 aliphatic rings. The maximum Gasteiger partial charge on any atom is 0.125 e. The predicted molar refractivity (Wildman–Crippen MR) is 84.2 cm³/mol. The summed E-state index contributed by atoms with van der Waals surface area (Å²) in [5.41, 5.74) is 8.12. The van der Waals surface area contributed by atoms with Crippen molar-refractivity contribution >= 4 is 0 Å². The second-order valence-corrected chi connectivity index (χ2v) is 5.96. The van der Waals surface area contributed by atoms with E-state index >= 15 is 0 Å². The van der Waals surface area contributed by atoms with E-state index in [1.54, 1.807) is 0 Å². The number of nitrogens with zero attached hydrogens (tertiary/aromatic N) is 1. The van der Waals surface area contributed by atoms with Crippen LogP contribution in [-0.4, -0.2) is 37.7 Å². The maximum atomic E-state index is 6.00. The zero-order valence-electron chi connectivity index (χ0n) is 12.9. The van der Waals surface area contributed by atoms with Crippen LogP contribution in [0.4, 0.5) is 0 Å². The van der Waals surface area contributed by atoms with Crippen molar-refractivity contribution in [1.29, 1.82) is 0 Å². The van der Waals surface area contributed by atoms with E-state index in [1.807, 2.05) is 0 Å². The molecule has 1 aromatic rings. The third kappa shape index (κ3) is 4.22. The highest BCUT2D eigenvalue weighted by molar-refractivity contribution is 5.39. The summed E-state index contributed by atoms with van der Waals surface area (Å²) in [6.07, 6.45) is 3.80. The van der Waals surface area contributed by atoms with Crippen molar-refractivity contribution in [3.05, 3.63) is 29.3 Å². The summed E-state index contributed by atoms with van der Waals surface area (Å²) in [6, 6.07) is 6.31. The smallest absolute Gasteiger partial charge is 0.125 e. The molecule has 1 fully saturated rings. The van der Waals surface area contributed by atoms with Gasteiger partial charge in [0.1, 0.15) is 12.4 Å². The van der Waals surface area contributed by atoms with Crippen molar-refractivity contribution < 1.29 is 4.74 Å². The van der Waals surface area contributed by atoms with Crippen LogP contribution < -0.4 is 10.5 Å². The van der Waals surface area contributed by atoms with Crippen molar-refractivity contribution in [1.82, 2.24) is 4.90 Å². The van der Waals surface area contributed by atoms with Gasteiger partial charge in [0, 0.05) is 13.1 Å². The highest BCUT2D eigenvalue weighted by Crippen LogP contribution is 2.23. The Hall–Kier alpha value is -1.06. The molecule has 1 saturated heterocycles. The number of rotatable bonds is 6. The molecule has 2 rings (SSSR count). The van der Waals surface area contributed by atoms with Crippen LogP contribution in [-0.2, 0) is 0 Å². The molecule has 0 bridgehead atoms. The average Bonchev–Trinajstić information content (AvgIpc) is 2.43. The summed E-state index contributed by atoms with van der Waals surface area (Å²) >= 11 is 0. The van der Waals surface area contributed by atoms with Crippen molar-refractivity contribution in [3.63, 3.8) is 0 Å². The molecule has 1 heterocycles. The first kappa shape index (κ1) is 15.3. The third-order valence-electron chi connectivity index (χ3n) is 4.24. The molecule has 3 nitrogen and oxygen atoms in total. The minimum absolute atomic E-state index is 0.779. The van der Waals surface area contributed by atoms with E-state index in [1.165, 1.54) is 37.1 Å². The van der Waals surface area contributed by atoms with Crippen molar-refractivity contribution in [2.75, 3.05) is 32.8 Å². The lowest BCUT2D eigenvalue weighted by molar-refractivity contribution is 0.143. The van der Waals surface area contributed by atoms with E-state index in [0.717, 1.165) is 37.8 Å². The number of hydrogen-bond acceptors (Lipinski definition) is 3. The van der Waals surface area contributed by atoms with Gasteiger partial charge >= 0.3 is 0 Å². The summed E-state index contributed by atoms with van der Waals surface area (Å²) in [5, 5.41) is 0. The average molecular weight is 276 g/mol. The van der Waals surface area contributed by atoms with Gasteiger partial charge in [-0.1, -0.05) is 18.2 Å². The fourth-order valence-electron chi connectivity index (χ4n) is 3.13. The molecule has 1 atom stereocenters. The Kier molecular flexibility index (Phi) is 5.86. The molecular formula is C17H28N2O. The standard InChI is InChI=1S/C17H28N2O/c1-14-5-3-6-15(2)17(14)20-12-11-19-10-4-7-16(13-19)8-9-18/h3,5-6,16H,4,7-13,18H2,1-2H3. The van der Waals surface area contributed by atoms with Gasteiger partial charge in [-0.05, 0) is 63.2 Å². The van der Waals surface area contributed by atoms with Crippen molar-refractivity contribution in [2.24, 2.45) is 11.7 Å². The fourth-order valence-corrected chi connectivity index (χ4v) is 3.13. The fraction of sp³-hybridized carbons (Fsp3) is 0.647. The number of piperidine rings is 1. The summed E-state index contributed by atoms with van der Waals surface area (Å²) in [5.74, 6) is 1.84. The molecular weight excluding hydrogens is 248 g/mol. The maximum absolute atomic E-state index is 6.00. The monoisotopic (exact) mass is 276 g/mol. The molecule has 0 radical (unpaired) electrons. The molecule has 20 heavy (non-hydrogen) atoms. The number of nitrogens with two attached hydrogens (primary N) is 1. The summed E-state index contributed by atoms with van der Waals surface area (Å²) in [6.45, 7) is 9.23. The highest BCUT2D eigenvalue weighted by Gasteiger charge is 2.19. The van der Waals surface area contributed by atoms with Gasteiger partial charge in [-0.3, -0.25) is 4.90 Å². The Morgan fingerprint density at radius 3 is 2.75 bits per heavy atom. The molecule has 0 spiro atoms.